The number of phenolic OH excluding ortho intramolecular Hbond substituents is 1. The van der Waals surface area contributed by atoms with Crippen LogP contribution in [0.5, 0.6) is 5.75 Å². The number of carbonyl (C=O) groups is 2. The van der Waals surface area contributed by atoms with Gasteiger partial charge in [0.05, 0.1) is 6.61 Å². The summed E-state index contributed by atoms with van der Waals surface area (Å²) in [5.74, 6) is -1.57. The average Bonchev–Trinajstić information content (AvgIpc) is 2.26. The quantitative estimate of drug-likeness (QED) is 0.580. The lowest BCUT2D eigenvalue weighted by Crippen LogP contribution is -2.32. The maximum atomic E-state index is 11.1. The summed E-state index contributed by atoms with van der Waals surface area (Å²) in [6, 6.07) is 6.41. The summed E-state index contributed by atoms with van der Waals surface area (Å²) in [4.78, 5) is 22.1. The first-order valence-electron chi connectivity index (χ1n) is 4.86. The number of benzene rings is 1. The van der Waals surface area contributed by atoms with E-state index in [4.69, 9.17) is 5.11 Å². The Kier molecular flexibility index (Phi) is 4.32. The summed E-state index contributed by atoms with van der Waals surface area (Å²) < 4.78 is 4.52. The van der Waals surface area contributed by atoms with Crippen molar-refractivity contribution in [3.63, 3.8) is 0 Å². The van der Waals surface area contributed by atoms with Crippen LogP contribution in [-0.4, -0.2) is 23.6 Å². The van der Waals surface area contributed by atoms with Crippen molar-refractivity contribution < 1.29 is 19.4 Å². The lowest BCUT2D eigenvalue weighted by Gasteiger charge is -2.04. The highest BCUT2D eigenvalue weighted by Crippen LogP contribution is 2.10. The monoisotopic (exact) mass is 223 g/mol. The number of amides is 1. The zero-order chi connectivity index (χ0) is 12.0. The van der Waals surface area contributed by atoms with Gasteiger partial charge in [-0.05, 0) is 24.6 Å². The fourth-order valence-electron chi connectivity index (χ4n) is 1.12. The maximum absolute atomic E-state index is 11.1. The van der Waals surface area contributed by atoms with Gasteiger partial charge in [0.2, 0.25) is 0 Å². The topological polar surface area (TPSA) is 75.6 Å². The molecule has 5 nitrogen and oxygen atoms in total. The maximum Gasteiger partial charge on any atom is 0.396 e. The Bertz CT molecular complexity index is 389. The van der Waals surface area contributed by atoms with Crippen LogP contribution in [0.2, 0.25) is 0 Å². The molecule has 16 heavy (non-hydrogen) atoms. The van der Waals surface area contributed by atoms with Crippen LogP contribution in [0.4, 0.5) is 0 Å². The molecule has 2 N–H and O–H groups in total. The minimum absolute atomic E-state index is 0.114. The number of nitrogens with one attached hydrogen (secondary N) is 1. The van der Waals surface area contributed by atoms with Crippen molar-refractivity contribution in [3.05, 3.63) is 29.8 Å². The first-order valence-corrected chi connectivity index (χ1v) is 4.86. The number of hydrogen-bond acceptors (Lipinski definition) is 4. The van der Waals surface area contributed by atoms with Crippen LogP contribution in [0.3, 0.4) is 0 Å². The second-order valence-corrected chi connectivity index (χ2v) is 3.07. The van der Waals surface area contributed by atoms with E-state index in [0.717, 1.165) is 0 Å². The molecule has 0 fully saturated rings. The highest BCUT2D eigenvalue weighted by molar-refractivity contribution is 6.32. The first kappa shape index (κ1) is 12.0. The number of esters is 1. The third-order valence-corrected chi connectivity index (χ3v) is 1.82. The normalized spacial score (nSPS) is 9.56. The van der Waals surface area contributed by atoms with Crippen molar-refractivity contribution in [3.8, 4) is 5.75 Å². The average molecular weight is 223 g/mol. The Balaban J connectivity index is 2.46. The Morgan fingerprint density at radius 1 is 1.44 bits per heavy atom. The standard InChI is InChI=1S/C11H13NO4/c1-2-16-11(15)10(14)12-7-8-4-3-5-9(13)6-8/h3-6,13H,2,7H2,1H3,(H,12,14). The van der Waals surface area contributed by atoms with Crippen LogP contribution in [0.25, 0.3) is 0 Å². The fourth-order valence-corrected chi connectivity index (χ4v) is 1.12. The number of rotatable bonds is 3. The summed E-state index contributed by atoms with van der Waals surface area (Å²) in [5.41, 5.74) is 0.706. The molecule has 5 heteroatoms. The van der Waals surface area contributed by atoms with E-state index >= 15 is 0 Å². The molecule has 0 aliphatic heterocycles. The van der Waals surface area contributed by atoms with Crippen molar-refractivity contribution in [2.75, 3.05) is 6.61 Å². The zero-order valence-electron chi connectivity index (χ0n) is 8.90. The van der Waals surface area contributed by atoms with E-state index < -0.39 is 11.9 Å². The number of hydrogen-bond donors (Lipinski definition) is 2. The molecule has 0 heterocycles. The van der Waals surface area contributed by atoms with E-state index in [2.05, 4.69) is 10.1 Å². The molecule has 1 rings (SSSR count). The minimum atomic E-state index is -0.900. The molecular formula is C11H13NO4. The van der Waals surface area contributed by atoms with Crippen molar-refractivity contribution in [2.24, 2.45) is 0 Å². The zero-order valence-corrected chi connectivity index (χ0v) is 8.90. The Labute approximate surface area is 93.0 Å². The van der Waals surface area contributed by atoms with E-state index in [9.17, 15) is 9.59 Å². The summed E-state index contributed by atoms with van der Waals surface area (Å²) in [7, 11) is 0. The van der Waals surface area contributed by atoms with E-state index in [1.807, 2.05) is 0 Å². The van der Waals surface area contributed by atoms with Gasteiger partial charge in [0.15, 0.2) is 0 Å². The largest absolute Gasteiger partial charge is 0.508 e. The molecule has 1 amide bonds. The highest BCUT2D eigenvalue weighted by Gasteiger charge is 2.13. The molecule has 0 aliphatic rings. The number of carbonyl (C=O) groups excluding carboxylic acids is 2. The lowest BCUT2D eigenvalue weighted by molar-refractivity contribution is -0.154. The van der Waals surface area contributed by atoms with E-state index in [1.165, 1.54) is 12.1 Å². The SMILES string of the molecule is CCOC(=O)C(=O)NCc1cccc(O)c1. The second-order valence-electron chi connectivity index (χ2n) is 3.07. The van der Waals surface area contributed by atoms with Gasteiger partial charge in [-0.15, -0.1) is 0 Å². The number of ether oxygens (including phenoxy) is 1. The van der Waals surface area contributed by atoms with Gasteiger partial charge in [-0.25, -0.2) is 4.79 Å². The van der Waals surface area contributed by atoms with Gasteiger partial charge in [0, 0.05) is 6.54 Å². The third kappa shape index (κ3) is 3.61. The third-order valence-electron chi connectivity index (χ3n) is 1.82. The van der Waals surface area contributed by atoms with Crippen LogP contribution in [-0.2, 0) is 20.9 Å². The van der Waals surface area contributed by atoms with E-state index in [1.54, 1.807) is 19.1 Å². The second kappa shape index (κ2) is 5.75. The van der Waals surface area contributed by atoms with Crippen LogP contribution in [0, 0.1) is 0 Å². The molecule has 1 aromatic carbocycles. The predicted molar refractivity (Wildman–Crippen MR) is 56.6 cm³/mol. The molecule has 0 unspecified atom stereocenters. The molecule has 0 saturated carbocycles. The molecule has 0 spiro atoms. The van der Waals surface area contributed by atoms with Gasteiger partial charge in [0.1, 0.15) is 5.75 Å². The van der Waals surface area contributed by atoms with Crippen LogP contribution in [0.1, 0.15) is 12.5 Å². The first-order chi connectivity index (χ1) is 7.63. The van der Waals surface area contributed by atoms with Crippen molar-refractivity contribution >= 4 is 11.9 Å². The number of aromatic hydroxyl groups is 1. The van der Waals surface area contributed by atoms with Gasteiger partial charge in [-0.3, -0.25) is 4.79 Å². The summed E-state index contributed by atoms with van der Waals surface area (Å²) in [5, 5.41) is 11.6. The Morgan fingerprint density at radius 2 is 2.19 bits per heavy atom. The van der Waals surface area contributed by atoms with Crippen molar-refractivity contribution in [1.82, 2.24) is 5.32 Å². The molecular weight excluding hydrogens is 210 g/mol. The molecule has 0 aliphatic carbocycles. The fraction of sp³-hybridized carbons (Fsp3) is 0.273. The Hall–Kier alpha value is -2.04. The summed E-state index contributed by atoms with van der Waals surface area (Å²) in [6.07, 6.45) is 0. The molecule has 86 valence electrons. The van der Waals surface area contributed by atoms with Crippen LogP contribution >= 0.6 is 0 Å². The molecule has 1 aromatic rings. The van der Waals surface area contributed by atoms with Gasteiger partial charge in [-0.2, -0.15) is 0 Å². The minimum Gasteiger partial charge on any atom is -0.508 e. The smallest absolute Gasteiger partial charge is 0.396 e. The summed E-state index contributed by atoms with van der Waals surface area (Å²) >= 11 is 0. The van der Waals surface area contributed by atoms with Crippen molar-refractivity contribution in [2.45, 2.75) is 13.5 Å². The molecule has 0 radical (unpaired) electrons. The molecule has 0 saturated heterocycles. The van der Waals surface area contributed by atoms with Crippen LogP contribution < -0.4 is 5.32 Å². The summed E-state index contributed by atoms with van der Waals surface area (Å²) in [6.45, 7) is 1.96. The molecule has 0 atom stereocenters. The highest BCUT2D eigenvalue weighted by atomic mass is 16.5. The van der Waals surface area contributed by atoms with E-state index in [0.29, 0.717) is 5.56 Å². The van der Waals surface area contributed by atoms with Crippen LogP contribution in [0.15, 0.2) is 24.3 Å². The van der Waals surface area contributed by atoms with Gasteiger partial charge >= 0.3 is 11.9 Å². The molecule has 0 bridgehead atoms. The van der Waals surface area contributed by atoms with Gasteiger partial charge < -0.3 is 15.2 Å². The Morgan fingerprint density at radius 3 is 2.81 bits per heavy atom. The lowest BCUT2D eigenvalue weighted by atomic mass is 10.2. The van der Waals surface area contributed by atoms with Gasteiger partial charge in [0.25, 0.3) is 0 Å². The van der Waals surface area contributed by atoms with Crippen molar-refractivity contribution in [1.29, 1.82) is 0 Å². The van der Waals surface area contributed by atoms with Gasteiger partial charge in [-0.1, -0.05) is 12.1 Å². The van der Waals surface area contributed by atoms with E-state index in [-0.39, 0.29) is 18.9 Å². The molecule has 0 aromatic heterocycles. The predicted octanol–water partition coefficient (Wildman–Crippen LogP) is 0.571. The number of phenols is 1.